The van der Waals surface area contributed by atoms with Gasteiger partial charge in [0, 0.05) is 6.07 Å². The first kappa shape index (κ1) is 17.5. The van der Waals surface area contributed by atoms with Crippen LogP contribution in [0.4, 0.5) is 17.2 Å². The molecule has 3 rings (SSSR count). The number of nitrogens with two attached hydrogens (primary N) is 1. The Labute approximate surface area is 148 Å². The summed E-state index contributed by atoms with van der Waals surface area (Å²) >= 11 is 0. The summed E-state index contributed by atoms with van der Waals surface area (Å²) in [5.41, 5.74) is 1.58. The number of amides is 2. The van der Waals surface area contributed by atoms with Gasteiger partial charge in [0.2, 0.25) is 5.75 Å². The number of aromatic nitrogens is 1. The van der Waals surface area contributed by atoms with Crippen molar-refractivity contribution in [2.24, 2.45) is 0 Å². The fourth-order valence-electron chi connectivity index (χ4n) is 2.78. The van der Waals surface area contributed by atoms with E-state index in [1.807, 2.05) is 5.32 Å². The van der Waals surface area contributed by atoms with Gasteiger partial charge in [-0.1, -0.05) is 0 Å². The predicted octanol–water partition coefficient (Wildman–Crippen LogP) is 0.128. The van der Waals surface area contributed by atoms with Gasteiger partial charge in [0.1, 0.15) is 11.5 Å². The first-order chi connectivity index (χ1) is 12.7. The summed E-state index contributed by atoms with van der Waals surface area (Å²) in [6.07, 6.45) is 0. The summed E-state index contributed by atoms with van der Waals surface area (Å²) < 4.78 is 5.34. The molecule has 0 atom stereocenters. The number of hydrogen-bond acceptors (Lipinski definition) is 9. The number of anilines is 1. The molecule has 13 heteroatoms. The van der Waals surface area contributed by atoms with Crippen molar-refractivity contribution in [2.75, 3.05) is 12.8 Å². The van der Waals surface area contributed by atoms with Gasteiger partial charge in [-0.15, -0.1) is 0 Å². The minimum atomic E-state index is -1.07. The molecular formula is C14H9N5O8. The van der Waals surface area contributed by atoms with Crippen molar-refractivity contribution in [1.29, 1.82) is 0 Å². The number of methoxy groups -OCH3 is 1. The molecule has 2 aromatic rings. The van der Waals surface area contributed by atoms with Gasteiger partial charge in [-0.3, -0.25) is 44.5 Å². The van der Waals surface area contributed by atoms with Crippen LogP contribution < -0.4 is 21.3 Å². The molecule has 0 spiro atoms. The van der Waals surface area contributed by atoms with Crippen LogP contribution in [0.5, 0.6) is 5.75 Å². The van der Waals surface area contributed by atoms with Gasteiger partial charge in [0.25, 0.3) is 17.4 Å². The molecule has 3 N–H and O–H groups in total. The topological polar surface area (TPSA) is 190 Å². The zero-order chi connectivity index (χ0) is 20.0. The van der Waals surface area contributed by atoms with Crippen LogP contribution in [-0.2, 0) is 0 Å². The van der Waals surface area contributed by atoms with Crippen LogP contribution in [0.15, 0.2) is 23.0 Å². The Morgan fingerprint density at radius 3 is 2.26 bits per heavy atom. The first-order valence-electron chi connectivity index (χ1n) is 7.10. The number of rotatable bonds is 4. The fourth-order valence-corrected chi connectivity index (χ4v) is 2.78. The maximum atomic E-state index is 12.4. The SMILES string of the molecule is COc1ccc(-n2c(N)c3c(cc2=O)C(=O)NC3=O)c([N+](=O)[O-])c1[N+](=O)[O-]. The van der Waals surface area contributed by atoms with Crippen molar-refractivity contribution in [2.45, 2.75) is 0 Å². The summed E-state index contributed by atoms with van der Waals surface area (Å²) in [6.45, 7) is 0. The van der Waals surface area contributed by atoms with E-state index in [1.54, 1.807) is 0 Å². The van der Waals surface area contributed by atoms with Gasteiger partial charge in [-0.05, 0) is 12.1 Å². The minimum absolute atomic E-state index is 0.288. The molecule has 0 radical (unpaired) electrons. The van der Waals surface area contributed by atoms with Crippen LogP contribution in [0.3, 0.4) is 0 Å². The summed E-state index contributed by atoms with van der Waals surface area (Å²) in [5, 5.41) is 24.8. The first-order valence-corrected chi connectivity index (χ1v) is 7.10. The molecule has 0 unspecified atom stereocenters. The molecule has 0 saturated carbocycles. The summed E-state index contributed by atoms with van der Waals surface area (Å²) in [5.74, 6) is -2.72. The quantitative estimate of drug-likeness (QED) is 0.425. The van der Waals surface area contributed by atoms with Crippen molar-refractivity contribution in [3.8, 4) is 11.4 Å². The van der Waals surface area contributed by atoms with E-state index in [0.29, 0.717) is 4.57 Å². The van der Waals surface area contributed by atoms with E-state index >= 15 is 0 Å². The standard InChI is InChI=1S/C14H9N5O8/c1-27-7-3-2-6(10(18(23)24)11(7)19(25)26)17-8(20)4-5-9(12(17)15)14(22)16-13(5)21/h2-4H,15H2,1H3,(H,16,21,22). The molecule has 1 aliphatic rings. The Balaban J connectivity index is 2.45. The number of nitrogen functional groups attached to an aromatic ring is 1. The molecule has 0 bridgehead atoms. The average molecular weight is 375 g/mol. The molecule has 1 aromatic heterocycles. The number of carbonyl (C=O) groups is 2. The smallest absolute Gasteiger partial charge is 0.389 e. The lowest BCUT2D eigenvalue weighted by Gasteiger charge is -2.13. The molecule has 1 aromatic carbocycles. The number of nitro groups is 2. The van der Waals surface area contributed by atoms with Gasteiger partial charge in [-0.2, -0.15) is 0 Å². The Kier molecular flexibility index (Phi) is 3.83. The van der Waals surface area contributed by atoms with E-state index < -0.39 is 55.8 Å². The highest BCUT2D eigenvalue weighted by Gasteiger charge is 2.37. The zero-order valence-electron chi connectivity index (χ0n) is 13.4. The Morgan fingerprint density at radius 2 is 1.70 bits per heavy atom. The second kappa shape index (κ2) is 5.91. The second-order valence-electron chi connectivity index (χ2n) is 5.27. The molecule has 1 aliphatic heterocycles. The molecule has 0 saturated heterocycles. The van der Waals surface area contributed by atoms with Gasteiger partial charge < -0.3 is 10.5 Å². The van der Waals surface area contributed by atoms with Gasteiger partial charge in [-0.25, -0.2) is 0 Å². The van der Waals surface area contributed by atoms with Crippen LogP contribution in [0.1, 0.15) is 20.7 Å². The Morgan fingerprint density at radius 1 is 1.07 bits per heavy atom. The third-order valence-corrected chi connectivity index (χ3v) is 3.87. The van der Waals surface area contributed by atoms with Crippen LogP contribution in [0.25, 0.3) is 5.69 Å². The number of carbonyl (C=O) groups excluding carboxylic acids is 2. The molecule has 13 nitrogen and oxygen atoms in total. The lowest BCUT2D eigenvalue weighted by Crippen LogP contribution is -2.25. The normalized spacial score (nSPS) is 12.5. The maximum Gasteiger partial charge on any atom is 0.389 e. The minimum Gasteiger partial charge on any atom is -0.490 e. The van der Waals surface area contributed by atoms with Gasteiger partial charge in [0.05, 0.1) is 28.1 Å². The number of hydrogen-bond donors (Lipinski definition) is 2. The van der Waals surface area contributed by atoms with Crippen molar-refractivity contribution in [3.63, 3.8) is 0 Å². The number of nitrogens with zero attached hydrogens (tertiary/aromatic N) is 3. The van der Waals surface area contributed by atoms with E-state index in [-0.39, 0.29) is 11.1 Å². The van der Waals surface area contributed by atoms with Crippen LogP contribution in [0, 0.1) is 20.2 Å². The van der Waals surface area contributed by atoms with E-state index in [1.165, 1.54) is 0 Å². The van der Waals surface area contributed by atoms with Crippen molar-refractivity contribution in [1.82, 2.24) is 9.88 Å². The van der Waals surface area contributed by atoms with Crippen molar-refractivity contribution < 1.29 is 24.2 Å². The molecule has 2 heterocycles. The molecule has 27 heavy (non-hydrogen) atoms. The fraction of sp³-hybridized carbons (Fsp3) is 0.0714. The van der Waals surface area contributed by atoms with Crippen LogP contribution >= 0.6 is 0 Å². The van der Waals surface area contributed by atoms with E-state index in [4.69, 9.17) is 10.5 Å². The second-order valence-corrected chi connectivity index (χ2v) is 5.27. The summed E-state index contributed by atoms with van der Waals surface area (Å²) in [4.78, 5) is 56.8. The van der Waals surface area contributed by atoms with Crippen molar-refractivity contribution >= 4 is 29.0 Å². The number of nitro benzene ring substituents is 2. The Bertz CT molecular complexity index is 1120. The predicted molar refractivity (Wildman–Crippen MR) is 88.1 cm³/mol. The number of nitrogens with one attached hydrogen (secondary N) is 1. The van der Waals surface area contributed by atoms with E-state index in [0.717, 1.165) is 25.3 Å². The van der Waals surface area contributed by atoms with Gasteiger partial charge in [0.15, 0.2) is 0 Å². The summed E-state index contributed by atoms with van der Waals surface area (Å²) in [6, 6.07) is 2.83. The van der Waals surface area contributed by atoms with Crippen LogP contribution in [-0.4, -0.2) is 33.3 Å². The lowest BCUT2D eigenvalue weighted by atomic mass is 10.1. The zero-order valence-corrected chi connectivity index (χ0v) is 13.4. The summed E-state index contributed by atoms with van der Waals surface area (Å²) in [7, 11) is 1.08. The number of imide groups is 1. The number of fused-ring (bicyclic) bond motifs is 1. The highest BCUT2D eigenvalue weighted by Crippen LogP contribution is 2.41. The number of ether oxygens (including phenoxy) is 1. The third kappa shape index (κ3) is 2.45. The van der Waals surface area contributed by atoms with Crippen molar-refractivity contribution in [3.05, 3.63) is 59.9 Å². The van der Waals surface area contributed by atoms with E-state index in [9.17, 15) is 34.6 Å². The van der Waals surface area contributed by atoms with E-state index in [2.05, 4.69) is 0 Å². The molecular weight excluding hydrogens is 366 g/mol. The molecule has 0 aliphatic carbocycles. The molecule has 138 valence electrons. The Hall–Kier alpha value is -4.29. The number of benzene rings is 1. The number of pyridine rings is 1. The monoisotopic (exact) mass is 375 g/mol. The maximum absolute atomic E-state index is 12.4. The van der Waals surface area contributed by atoms with Gasteiger partial charge >= 0.3 is 11.4 Å². The highest BCUT2D eigenvalue weighted by atomic mass is 16.6. The largest absolute Gasteiger partial charge is 0.490 e. The lowest BCUT2D eigenvalue weighted by molar-refractivity contribution is -0.422. The van der Waals surface area contributed by atoms with Crippen LogP contribution in [0.2, 0.25) is 0 Å². The molecule has 0 fully saturated rings. The average Bonchev–Trinajstić information content (AvgIpc) is 2.87. The highest BCUT2D eigenvalue weighted by molar-refractivity contribution is 6.23. The molecule has 2 amide bonds. The third-order valence-electron chi connectivity index (χ3n) is 3.87.